The first kappa shape index (κ1) is 16.8. The smallest absolute Gasteiger partial charge is 0.334 e. The summed E-state index contributed by atoms with van der Waals surface area (Å²) in [7, 11) is 0. The van der Waals surface area contributed by atoms with Gasteiger partial charge in [-0.2, -0.15) is 5.26 Å². The Labute approximate surface area is 137 Å². The second kappa shape index (κ2) is 7.11. The SMILES string of the molecule is [C-]#[N+]C1(C#N)[C@@H](CC)C(C(=O)OCC)=CC[C@H]1c1ccccc1. The van der Waals surface area contributed by atoms with Gasteiger partial charge in [-0.1, -0.05) is 43.3 Å². The Morgan fingerprint density at radius 2 is 2.13 bits per heavy atom. The van der Waals surface area contributed by atoms with Crippen LogP contribution in [-0.4, -0.2) is 18.1 Å². The molecule has 0 saturated heterocycles. The minimum Gasteiger partial charge on any atom is -0.463 e. The van der Waals surface area contributed by atoms with Gasteiger partial charge in [-0.3, -0.25) is 4.85 Å². The van der Waals surface area contributed by atoms with Crippen molar-refractivity contribution in [1.82, 2.24) is 0 Å². The van der Waals surface area contributed by atoms with Crippen LogP contribution in [-0.2, 0) is 9.53 Å². The lowest BCUT2D eigenvalue weighted by Crippen LogP contribution is -2.44. The van der Waals surface area contributed by atoms with Gasteiger partial charge in [0.15, 0.2) is 6.07 Å². The molecule has 4 heteroatoms. The summed E-state index contributed by atoms with van der Waals surface area (Å²) in [4.78, 5) is 16.0. The molecule has 0 bridgehead atoms. The maximum absolute atomic E-state index is 12.2. The van der Waals surface area contributed by atoms with Crippen molar-refractivity contribution in [1.29, 1.82) is 5.26 Å². The molecule has 0 aromatic heterocycles. The van der Waals surface area contributed by atoms with Crippen LogP contribution in [0.15, 0.2) is 42.0 Å². The minimum atomic E-state index is -1.27. The standard InChI is InChI=1S/C19H20N2O2/c1-4-16-15(18(22)23-5-2)11-12-17(19(16,13-20)21-3)14-9-7-6-8-10-14/h6-11,16-17H,4-5,12H2,1-2H3/t16-,17-,19?/m0/s1. The maximum Gasteiger partial charge on any atom is 0.334 e. The molecule has 23 heavy (non-hydrogen) atoms. The summed E-state index contributed by atoms with van der Waals surface area (Å²) in [5.41, 5.74) is 0.161. The molecule has 118 valence electrons. The van der Waals surface area contributed by atoms with E-state index in [1.165, 1.54) is 0 Å². The number of carbonyl (C=O) groups is 1. The van der Waals surface area contributed by atoms with E-state index in [1.54, 1.807) is 6.92 Å². The Morgan fingerprint density at radius 1 is 1.43 bits per heavy atom. The van der Waals surface area contributed by atoms with Gasteiger partial charge in [-0.15, -0.1) is 0 Å². The highest BCUT2D eigenvalue weighted by atomic mass is 16.5. The number of hydrogen-bond acceptors (Lipinski definition) is 3. The Hall–Kier alpha value is -2.59. The van der Waals surface area contributed by atoms with Gasteiger partial charge in [0.25, 0.3) is 0 Å². The fraction of sp³-hybridized carbons (Fsp3) is 0.421. The molecule has 0 heterocycles. The molecule has 0 spiro atoms. The molecular formula is C19H20N2O2. The van der Waals surface area contributed by atoms with E-state index in [4.69, 9.17) is 11.3 Å². The lowest BCUT2D eigenvalue weighted by atomic mass is 9.64. The summed E-state index contributed by atoms with van der Waals surface area (Å²) in [5, 5.41) is 9.86. The molecule has 0 radical (unpaired) electrons. The van der Waals surface area contributed by atoms with Gasteiger partial charge in [0, 0.05) is 5.57 Å². The molecule has 0 fully saturated rings. The number of rotatable bonds is 4. The van der Waals surface area contributed by atoms with Crippen molar-refractivity contribution < 1.29 is 9.53 Å². The van der Waals surface area contributed by atoms with Gasteiger partial charge in [-0.25, -0.2) is 11.4 Å². The topological polar surface area (TPSA) is 54.5 Å². The van der Waals surface area contributed by atoms with E-state index in [9.17, 15) is 10.1 Å². The van der Waals surface area contributed by atoms with E-state index >= 15 is 0 Å². The monoisotopic (exact) mass is 308 g/mol. The van der Waals surface area contributed by atoms with E-state index in [-0.39, 0.29) is 12.5 Å². The van der Waals surface area contributed by atoms with Gasteiger partial charge in [0.05, 0.1) is 18.4 Å². The van der Waals surface area contributed by atoms with Gasteiger partial charge < -0.3 is 4.74 Å². The molecule has 1 unspecified atom stereocenters. The van der Waals surface area contributed by atoms with Crippen LogP contribution in [0.2, 0.25) is 0 Å². The van der Waals surface area contributed by atoms with E-state index in [0.29, 0.717) is 18.4 Å². The predicted molar refractivity (Wildman–Crippen MR) is 87.2 cm³/mol. The maximum atomic E-state index is 12.2. The molecule has 1 aliphatic rings. The molecule has 0 amide bonds. The number of benzene rings is 1. The van der Waals surface area contributed by atoms with Gasteiger partial charge in [0.1, 0.15) is 0 Å². The van der Waals surface area contributed by atoms with Gasteiger partial charge >= 0.3 is 11.5 Å². The van der Waals surface area contributed by atoms with Crippen LogP contribution < -0.4 is 0 Å². The fourth-order valence-corrected chi connectivity index (χ4v) is 3.43. The van der Waals surface area contributed by atoms with Crippen LogP contribution in [0.5, 0.6) is 0 Å². The summed E-state index contributed by atoms with van der Waals surface area (Å²) in [5.74, 6) is -1.09. The summed E-state index contributed by atoms with van der Waals surface area (Å²) in [6.07, 6.45) is 2.89. The molecule has 0 saturated carbocycles. The number of esters is 1. The van der Waals surface area contributed by atoms with Crippen LogP contribution in [0.3, 0.4) is 0 Å². The molecule has 4 nitrogen and oxygen atoms in total. The van der Waals surface area contributed by atoms with Gasteiger partial charge in [-0.05, 0) is 25.3 Å². The molecular weight excluding hydrogens is 288 g/mol. The van der Waals surface area contributed by atoms with Crippen LogP contribution in [0.25, 0.3) is 4.85 Å². The Kier molecular flexibility index (Phi) is 5.19. The number of allylic oxidation sites excluding steroid dienone is 1. The average Bonchev–Trinajstić information content (AvgIpc) is 2.61. The average molecular weight is 308 g/mol. The number of hydrogen-bond donors (Lipinski definition) is 0. The van der Waals surface area contributed by atoms with Crippen LogP contribution in [0.4, 0.5) is 0 Å². The summed E-state index contributed by atoms with van der Waals surface area (Å²) in [6, 6.07) is 11.9. The molecule has 1 aromatic rings. The highest BCUT2D eigenvalue weighted by Gasteiger charge is 2.57. The van der Waals surface area contributed by atoms with Crippen molar-refractivity contribution in [3.05, 3.63) is 59.0 Å². The summed E-state index contributed by atoms with van der Waals surface area (Å²) in [6.45, 7) is 11.7. The number of nitrogens with zero attached hydrogens (tertiary/aromatic N) is 2. The van der Waals surface area contributed by atoms with Crippen LogP contribution in [0, 0.1) is 23.8 Å². The zero-order chi connectivity index (χ0) is 16.9. The first-order valence-corrected chi connectivity index (χ1v) is 7.86. The molecule has 1 aliphatic carbocycles. The molecule has 3 atom stereocenters. The quantitative estimate of drug-likeness (QED) is 0.626. The van der Waals surface area contributed by atoms with Gasteiger partial charge in [0.2, 0.25) is 0 Å². The van der Waals surface area contributed by atoms with Crippen molar-refractivity contribution >= 4 is 5.97 Å². The van der Waals surface area contributed by atoms with Crippen LogP contribution in [0.1, 0.15) is 38.2 Å². The zero-order valence-corrected chi connectivity index (χ0v) is 13.5. The summed E-state index contributed by atoms with van der Waals surface area (Å²) < 4.78 is 5.12. The first-order valence-electron chi connectivity index (χ1n) is 7.86. The number of nitriles is 1. The third kappa shape index (κ3) is 2.85. The van der Waals surface area contributed by atoms with Crippen molar-refractivity contribution in [3.8, 4) is 6.07 Å². The lowest BCUT2D eigenvalue weighted by molar-refractivity contribution is -0.139. The second-order valence-corrected chi connectivity index (χ2v) is 5.59. The van der Waals surface area contributed by atoms with Crippen molar-refractivity contribution in [2.75, 3.05) is 6.61 Å². The lowest BCUT2D eigenvalue weighted by Gasteiger charge is -2.35. The largest absolute Gasteiger partial charge is 0.463 e. The number of carbonyl (C=O) groups excluding carboxylic acids is 1. The van der Waals surface area contributed by atoms with E-state index in [0.717, 1.165) is 5.56 Å². The van der Waals surface area contributed by atoms with Crippen molar-refractivity contribution in [2.45, 2.75) is 38.1 Å². The minimum absolute atomic E-state index is 0.241. The molecule has 0 aliphatic heterocycles. The highest BCUT2D eigenvalue weighted by molar-refractivity contribution is 5.90. The number of ether oxygens (including phenoxy) is 1. The fourth-order valence-electron chi connectivity index (χ4n) is 3.43. The zero-order valence-electron chi connectivity index (χ0n) is 13.5. The normalized spacial score (nSPS) is 26.5. The molecule has 2 rings (SSSR count). The Morgan fingerprint density at radius 3 is 2.65 bits per heavy atom. The van der Waals surface area contributed by atoms with Crippen molar-refractivity contribution in [3.63, 3.8) is 0 Å². The second-order valence-electron chi connectivity index (χ2n) is 5.59. The van der Waals surface area contributed by atoms with Crippen LogP contribution >= 0.6 is 0 Å². The van der Waals surface area contributed by atoms with Crippen molar-refractivity contribution in [2.24, 2.45) is 5.92 Å². The first-order chi connectivity index (χ1) is 11.1. The third-order valence-electron chi connectivity index (χ3n) is 4.50. The molecule has 1 aromatic carbocycles. The third-order valence-corrected chi connectivity index (χ3v) is 4.50. The Bertz CT molecular complexity index is 666. The highest BCUT2D eigenvalue weighted by Crippen LogP contribution is 2.48. The van der Waals surface area contributed by atoms with E-state index < -0.39 is 17.4 Å². The summed E-state index contributed by atoms with van der Waals surface area (Å²) >= 11 is 0. The molecule has 0 N–H and O–H groups in total. The van der Waals surface area contributed by atoms with E-state index in [2.05, 4.69) is 10.9 Å². The predicted octanol–water partition coefficient (Wildman–Crippen LogP) is 3.87. The van der Waals surface area contributed by atoms with E-state index in [1.807, 2.05) is 43.3 Å². The Balaban J connectivity index is 2.54.